The lowest BCUT2D eigenvalue weighted by Gasteiger charge is -2.04. The van der Waals surface area contributed by atoms with Crippen molar-refractivity contribution in [3.05, 3.63) is 42.1 Å². The molecule has 2 nitrogen and oxygen atoms in total. The van der Waals surface area contributed by atoms with Crippen molar-refractivity contribution in [1.29, 1.82) is 0 Å². The maximum Gasteiger partial charge on any atom is 0.0704 e. The molecule has 0 amide bonds. The van der Waals surface area contributed by atoms with Gasteiger partial charge in [0.15, 0.2) is 0 Å². The molecule has 0 bridgehead atoms. The van der Waals surface area contributed by atoms with Crippen molar-refractivity contribution in [3.8, 4) is 0 Å². The van der Waals surface area contributed by atoms with Gasteiger partial charge in [0.25, 0.3) is 0 Å². The van der Waals surface area contributed by atoms with Crippen LogP contribution in [0, 0.1) is 5.41 Å². The molecule has 2 atom stereocenters. The Bertz CT molecular complexity index is 545. The Balaban J connectivity index is 2.07. The highest BCUT2D eigenvalue weighted by molar-refractivity contribution is 5.79. The lowest BCUT2D eigenvalue weighted by atomic mass is 10.0. The summed E-state index contributed by atoms with van der Waals surface area (Å²) >= 11 is 0. The van der Waals surface area contributed by atoms with E-state index in [-0.39, 0.29) is 11.5 Å². The number of nitrogens with zero attached hydrogens (tertiary/aromatic N) is 1. The minimum atomic E-state index is 0.239. The summed E-state index contributed by atoms with van der Waals surface area (Å²) in [5, 5.41) is 1.19. The van der Waals surface area contributed by atoms with Crippen LogP contribution in [-0.2, 0) is 0 Å². The van der Waals surface area contributed by atoms with E-state index in [0.717, 1.165) is 5.52 Å². The summed E-state index contributed by atoms with van der Waals surface area (Å²) in [6, 6.07) is 10.8. The second-order valence-corrected chi connectivity index (χ2v) is 5.28. The Morgan fingerprint density at radius 3 is 2.69 bits per heavy atom. The molecule has 2 N–H and O–H groups in total. The summed E-state index contributed by atoms with van der Waals surface area (Å²) in [6.45, 7) is 4.45. The first-order chi connectivity index (χ1) is 7.60. The molecule has 1 aliphatic carbocycles. The molecule has 1 saturated carbocycles. The molecule has 1 aromatic carbocycles. The average molecular weight is 212 g/mol. The second kappa shape index (κ2) is 3.05. The number of benzene rings is 1. The van der Waals surface area contributed by atoms with Gasteiger partial charge in [-0.05, 0) is 23.1 Å². The number of pyridine rings is 1. The van der Waals surface area contributed by atoms with Crippen LogP contribution in [-0.4, -0.2) is 11.0 Å². The van der Waals surface area contributed by atoms with Crippen LogP contribution in [0.2, 0.25) is 0 Å². The highest BCUT2D eigenvalue weighted by Gasteiger charge is 2.56. The fourth-order valence-corrected chi connectivity index (χ4v) is 2.59. The van der Waals surface area contributed by atoms with Crippen molar-refractivity contribution < 1.29 is 0 Å². The molecular formula is C14H16N2. The van der Waals surface area contributed by atoms with Gasteiger partial charge in [0.2, 0.25) is 0 Å². The standard InChI is InChI=1S/C14H16N2/c1-14(2)12(13(14)15)10-6-5-9-4-3-7-16-11(9)8-10/h3-8,12-13H,15H2,1-2H3/t12-,13-/m0/s1. The normalized spacial score (nSPS) is 26.9. The Morgan fingerprint density at radius 1 is 1.25 bits per heavy atom. The van der Waals surface area contributed by atoms with Crippen LogP contribution in [0.1, 0.15) is 25.3 Å². The molecule has 2 heteroatoms. The van der Waals surface area contributed by atoms with Crippen LogP contribution in [0.15, 0.2) is 36.5 Å². The zero-order valence-corrected chi connectivity index (χ0v) is 9.64. The molecule has 3 rings (SSSR count). The van der Waals surface area contributed by atoms with Crippen molar-refractivity contribution in [3.63, 3.8) is 0 Å². The Kier molecular flexibility index (Phi) is 1.86. The quantitative estimate of drug-likeness (QED) is 0.789. The first-order valence-electron chi connectivity index (χ1n) is 5.71. The predicted molar refractivity (Wildman–Crippen MR) is 66.2 cm³/mol. The fourth-order valence-electron chi connectivity index (χ4n) is 2.59. The molecule has 1 aliphatic rings. The van der Waals surface area contributed by atoms with Crippen LogP contribution in [0.4, 0.5) is 0 Å². The summed E-state index contributed by atoms with van der Waals surface area (Å²) in [5.41, 5.74) is 8.73. The van der Waals surface area contributed by atoms with Crippen LogP contribution < -0.4 is 5.73 Å². The summed E-state index contributed by atoms with van der Waals surface area (Å²) in [6.07, 6.45) is 1.84. The third-order valence-corrected chi connectivity index (χ3v) is 3.90. The summed E-state index contributed by atoms with van der Waals surface area (Å²) in [4.78, 5) is 4.38. The Hall–Kier alpha value is -1.41. The molecule has 1 heterocycles. The largest absolute Gasteiger partial charge is 0.327 e. The topological polar surface area (TPSA) is 38.9 Å². The molecule has 0 saturated heterocycles. The van der Waals surface area contributed by atoms with Crippen molar-refractivity contribution in [2.75, 3.05) is 0 Å². The van der Waals surface area contributed by atoms with E-state index in [1.54, 1.807) is 0 Å². The molecular weight excluding hydrogens is 196 g/mol. The molecule has 16 heavy (non-hydrogen) atoms. The van der Waals surface area contributed by atoms with E-state index in [1.807, 2.05) is 12.3 Å². The van der Waals surface area contributed by atoms with E-state index in [2.05, 4.69) is 43.1 Å². The number of aromatic nitrogens is 1. The van der Waals surface area contributed by atoms with E-state index in [4.69, 9.17) is 5.73 Å². The van der Waals surface area contributed by atoms with E-state index < -0.39 is 0 Å². The molecule has 1 aromatic heterocycles. The summed E-state index contributed by atoms with van der Waals surface area (Å²) < 4.78 is 0. The van der Waals surface area contributed by atoms with Gasteiger partial charge >= 0.3 is 0 Å². The molecule has 0 radical (unpaired) electrons. The van der Waals surface area contributed by atoms with E-state index in [9.17, 15) is 0 Å². The number of fused-ring (bicyclic) bond motifs is 1. The van der Waals surface area contributed by atoms with Gasteiger partial charge in [-0.15, -0.1) is 0 Å². The first-order valence-corrected chi connectivity index (χ1v) is 5.71. The highest BCUT2D eigenvalue weighted by atomic mass is 14.8. The van der Waals surface area contributed by atoms with E-state index in [1.165, 1.54) is 10.9 Å². The van der Waals surface area contributed by atoms with Crippen LogP contribution in [0.25, 0.3) is 10.9 Å². The lowest BCUT2D eigenvalue weighted by Crippen LogP contribution is -2.06. The molecule has 0 unspecified atom stereocenters. The Morgan fingerprint density at radius 2 is 2.00 bits per heavy atom. The first kappa shape index (κ1) is 9.79. The van der Waals surface area contributed by atoms with Gasteiger partial charge < -0.3 is 5.73 Å². The second-order valence-electron chi connectivity index (χ2n) is 5.28. The fraction of sp³-hybridized carbons (Fsp3) is 0.357. The molecule has 1 fully saturated rings. The van der Waals surface area contributed by atoms with Gasteiger partial charge in [-0.25, -0.2) is 0 Å². The number of hydrogen-bond acceptors (Lipinski definition) is 2. The highest BCUT2D eigenvalue weighted by Crippen LogP contribution is 2.57. The Labute approximate surface area is 95.5 Å². The number of hydrogen-bond donors (Lipinski definition) is 1. The minimum Gasteiger partial charge on any atom is -0.327 e. The lowest BCUT2D eigenvalue weighted by molar-refractivity contribution is 0.599. The number of rotatable bonds is 1. The van der Waals surface area contributed by atoms with Crippen LogP contribution in [0.3, 0.4) is 0 Å². The van der Waals surface area contributed by atoms with Gasteiger partial charge in [-0.1, -0.05) is 32.0 Å². The minimum absolute atomic E-state index is 0.239. The van der Waals surface area contributed by atoms with Crippen LogP contribution in [0.5, 0.6) is 0 Å². The molecule has 0 aliphatic heterocycles. The van der Waals surface area contributed by atoms with Gasteiger partial charge in [-0.3, -0.25) is 4.98 Å². The monoisotopic (exact) mass is 212 g/mol. The number of nitrogens with two attached hydrogens (primary N) is 1. The summed E-state index contributed by atoms with van der Waals surface area (Å²) in [5.74, 6) is 0.485. The maximum absolute atomic E-state index is 6.10. The van der Waals surface area contributed by atoms with Crippen molar-refractivity contribution in [2.45, 2.75) is 25.8 Å². The van der Waals surface area contributed by atoms with Gasteiger partial charge in [0.1, 0.15) is 0 Å². The zero-order valence-electron chi connectivity index (χ0n) is 9.64. The third-order valence-electron chi connectivity index (χ3n) is 3.90. The maximum atomic E-state index is 6.10. The summed E-state index contributed by atoms with van der Waals surface area (Å²) in [7, 11) is 0. The molecule has 82 valence electrons. The average Bonchev–Trinajstić information content (AvgIpc) is 2.78. The molecule has 0 spiro atoms. The third kappa shape index (κ3) is 1.26. The van der Waals surface area contributed by atoms with Gasteiger partial charge in [0.05, 0.1) is 5.52 Å². The van der Waals surface area contributed by atoms with Crippen molar-refractivity contribution in [2.24, 2.45) is 11.1 Å². The molecule has 2 aromatic rings. The van der Waals surface area contributed by atoms with Gasteiger partial charge in [0, 0.05) is 23.5 Å². The smallest absolute Gasteiger partial charge is 0.0704 e. The van der Waals surface area contributed by atoms with Crippen LogP contribution >= 0.6 is 0 Å². The van der Waals surface area contributed by atoms with E-state index in [0.29, 0.717) is 5.92 Å². The van der Waals surface area contributed by atoms with Gasteiger partial charge in [-0.2, -0.15) is 0 Å². The zero-order chi connectivity index (χ0) is 11.3. The van der Waals surface area contributed by atoms with E-state index >= 15 is 0 Å². The van der Waals surface area contributed by atoms with Crippen molar-refractivity contribution >= 4 is 10.9 Å². The predicted octanol–water partition coefficient (Wildman–Crippen LogP) is 2.69. The van der Waals surface area contributed by atoms with Crippen molar-refractivity contribution in [1.82, 2.24) is 4.98 Å². The SMILES string of the molecule is CC1(C)[C@@H](N)[C@@H]1c1ccc2cccnc2c1.